The van der Waals surface area contributed by atoms with Crippen molar-refractivity contribution in [1.82, 2.24) is 4.57 Å². The summed E-state index contributed by atoms with van der Waals surface area (Å²) in [5.74, 6) is -2.07. The normalized spacial score (nSPS) is 11.4. The Bertz CT molecular complexity index is 1500. The number of halogens is 6. The molecule has 0 fully saturated rings. The van der Waals surface area contributed by atoms with Gasteiger partial charge in [-0.1, -0.05) is 24.3 Å². The van der Waals surface area contributed by atoms with Crippen LogP contribution in [0.3, 0.4) is 0 Å². The lowest BCUT2D eigenvalue weighted by atomic mass is 10.1. The third-order valence-corrected chi connectivity index (χ3v) is 5.69. The fourth-order valence-electron chi connectivity index (χ4n) is 3.82. The van der Waals surface area contributed by atoms with E-state index in [1.807, 2.05) is 41.1 Å². The van der Waals surface area contributed by atoms with Gasteiger partial charge >= 0.3 is 18.3 Å². The summed E-state index contributed by atoms with van der Waals surface area (Å²) in [5, 5.41) is 17.2. The van der Waals surface area contributed by atoms with Crippen molar-refractivity contribution >= 4 is 16.9 Å². The molecular formula is C28H23F6N3O3. The second kappa shape index (κ2) is 12.6. The van der Waals surface area contributed by atoms with Crippen molar-refractivity contribution in [2.24, 2.45) is 5.73 Å². The summed E-state index contributed by atoms with van der Waals surface area (Å²) >= 11 is 0. The van der Waals surface area contributed by atoms with Crippen LogP contribution in [0, 0.1) is 11.3 Å². The minimum atomic E-state index is -5.08. The van der Waals surface area contributed by atoms with Crippen molar-refractivity contribution < 1.29 is 41.0 Å². The van der Waals surface area contributed by atoms with Gasteiger partial charge in [-0.25, -0.2) is 4.79 Å². The lowest BCUT2D eigenvalue weighted by molar-refractivity contribution is -0.192. The lowest BCUT2D eigenvalue weighted by Crippen LogP contribution is -2.21. The second-order valence-electron chi connectivity index (χ2n) is 8.60. The Morgan fingerprint density at radius 1 is 0.975 bits per heavy atom. The van der Waals surface area contributed by atoms with Crippen LogP contribution < -0.4 is 10.5 Å². The number of nitrogens with zero attached hydrogens (tertiary/aromatic N) is 2. The van der Waals surface area contributed by atoms with E-state index >= 15 is 0 Å². The average molecular weight is 563 g/mol. The van der Waals surface area contributed by atoms with Gasteiger partial charge in [0.25, 0.3) is 0 Å². The highest BCUT2D eigenvalue weighted by Crippen LogP contribution is 2.30. The van der Waals surface area contributed by atoms with Crippen LogP contribution in [0.4, 0.5) is 26.3 Å². The van der Waals surface area contributed by atoms with E-state index in [2.05, 4.69) is 6.07 Å². The van der Waals surface area contributed by atoms with Crippen LogP contribution in [0.15, 0.2) is 72.9 Å². The third kappa shape index (κ3) is 8.00. The largest absolute Gasteiger partial charge is 0.490 e. The zero-order chi connectivity index (χ0) is 29.5. The van der Waals surface area contributed by atoms with Crippen molar-refractivity contribution in [2.75, 3.05) is 6.54 Å². The van der Waals surface area contributed by atoms with Crippen molar-refractivity contribution in [3.05, 3.63) is 101 Å². The van der Waals surface area contributed by atoms with E-state index in [4.69, 9.17) is 25.6 Å². The zero-order valence-electron chi connectivity index (χ0n) is 20.8. The van der Waals surface area contributed by atoms with Gasteiger partial charge in [-0.15, -0.1) is 0 Å². The number of nitrogens with two attached hydrogens (primary N) is 1. The summed E-state index contributed by atoms with van der Waals surface area (Å²) < 4.78 is 78.2. The zero-order valence-corrected chi connectivity index (χ0v) is 20.8. The summed E-state index contributed by atoms with van der Waals surface area (Å²) in [7, 11) is 0. The molecule has 12 heteroatoms. The minimum absolute atomic E-state index is 0.333. The maximum atomic E-state index is 12.8. The summed E-state index contributed by atoms with van der Waals surface area (Å²) in [6.45, 7) is 1.26. The lowest BCUT2D eigenvalue weighted by Gasteiger charge is -2.10. The Morgan fingerprint density at radius 3 is 2.23 bits per heavy atom. The fourth-order valence-corrected chi connectivity index (χ4v) is 3.82. The van der Waals surface area contributed by atoms with Crippen LogP contribution in [0.1, 0.15) is 27.8 Å². The van der Waals surface area contributed by atoms with Crippen molar-refractivity contribution in [1.29, 1.82) is 5.26 Å². The van der Waals surface area contributed by atoms with Crippen LogP contribution in [0.2, 0.25) is 0 Å². The molecule has 0 atom stereocenters. The number of carboxylic acids is 1. The van der Waals surface area contributed by atoms with Gasteiger partial charge in [-0.05, 0) is 72.1 Å². The molecule has 0 bridgehead atoms. The highest BCUT2D eigenvalue weighted by molar-refractivity contribution is 5.85. The first kappa shape index (κ1) is 30.0. The van der Waals surface area contributed by atoms with E-state index in [1.54, 1.807) is 12.1 Å². The molecule has 4 aromatic rings. The molecule has 0 aliphatic carbocycles. The predicted octanol–water partition coefficient (Wildman–Crippen LogP) is 6.29. The van der Waals surface area contributed by atoms with E-state index in [0.29, 0.717) is 37.4 Å². The van der Waals surface area contributed by atoms with E-state index in [0.717, 1.165) is 39.7 Å². The summed E-state index contributed by atoms with van der Waals surface area (Å²) in [5.41, 5.74) is 9.40. The molecule has 4 rings (SSSR count). The van der Waals surface area contributed by atoms with E-state index in [1.165, 1.54) is 12.1 Å². The predicted molar refractivity (Wildman–Crippen MR) is 134 cm³/mol. The molecule has 1 heterocycles. The first-order chi connectivity index (χ1) is 18.8. The molecule has 0 saturated carbocycles. The van der Waals surface area contributed by atoms with Crippen LogP contribution in [0.25, 0.3) is 10.9 Å². The number of alkyl halides is 6. The Kier molecular flexibility index (Phi) is 9.44. The standard InChI is InChI=1S/C26H22F3N3O.C2HF3O2/c27-26(28,29)22-6-4-18(5-7-22)15-32-16-21(10-11-30)24-13-23(8-9-25(24)32)33-17-20-3-1-2-19(12-20)14-31;3-2(4,5)1(6)7/h1-9,12-13,16H,10-11,15,17,30H2;(H,6,7). The molecule has 0 aliphatic rings. The molecule has 40 heavy (non-hydrogen) atoms. The van der Waals surface area contributed by atoms with Crippen molar-refractivity contribution in [3.63, 3.8) is 0 Å². The molecule has 0 amide bonds. The van der Waals surface area contributed by atoms with E-state index in [9.17, 15) is 26.3 Å². The Balaban J connectivity index is 0.000000559. The van der Waals surface area contributed by atoms with Gasteiger partial charge in [-0.3, -0.25) is 0 Å². The Morgan fingerprint density at radius 2 is 1.65 bits per heavy atom. The second-order valence-corrected chi connectivity index (χ2v) is 8.60. The Labute approximate surface area is 224 Å². The highest BCUT2D eigenvalue weighted by Gasteiger charge is 2.38. The average Bonchev–Trinajstić information content (AvgIpc) is 3.23. The molecule has 3 N–H and O–H groups in total. The maximum Gasteiger partial charge on any atom is 0.490 e. The number of hydrogen-bond donors (Lipinski definition) is 2. The van der Waals surface area contributed by atoms with Crippen LogP contribution >= 0.6 is 0 Å². The molecule has 0 saturated heterocycles. The number of ether oxygens (including phenoxy) is 1. The minimum Gasteiger partial charge on any atom is -0.489 e. The number of hydrogen-bond acceptors (Lipinski definition) is 4. The molecular weight excluding hydrogens is 540 g/mol. The number of rotatable bonds is 7. The number of carbonyl (C=O) groups is 1. The fraction of sp³-hybridized carbons (Fsp3) is 0.214. The molecule has 6 nitrogen and oxygen atoms in total. The van der Waals surface area contributed by atoms with Crippen LogP contribution in [-0.4, -0.2) is 28.4 Å². The Hall–Kier alpha value is -4.50. The highest BCUT2D eigenvalue weighted by atomic mass is 19.4. The number of fused-ring (bicyclic) bond motifs is 1. The van der Waals surface area contributed by atoms with E-state index < -0.39 is 23.9 Å². The third-order valence-electron chi connectivity index (χ3n) is 5.69. The van der Waals surface area contributed by atoms with Gasteiger partial charge in [0.1, 0.15) is 12.4 Å². The molecule has 210 valence electrons. The maximum absolute atomic E-state index is 12.8. The number of benzene rings is 3. The first-order valence-corrected chi connectivity index (χ1v) is 11.7. The van der Waals surface area contributed by atoms with Crippen molar-refractivity contribution in [3.8, 4) is 11.8 Å². The van der Waals surface area contributed by atoms with E-state index in [-0.39, 0.29) is 0 Å². The topological polar surface area (TPSA) is 101 Å². The summed E-state index contributed by atoms with van der Waals surface area (Å²) in [4.78, 5) is 8.90. The van der Waals surface area contributed by atoms with Gasteiger partial charge in [0.05, 0.1) is 17.2 Å². The smallest absolute Gasteiger partial charge is 0.489 e. The number of aliphatic carboxylic acids is 1. The van der Waals surface area contributed by atoms with Crippen LogP contribution in [-0.2, 0) is 30.5 Å². The quantitative estimate of drug-likeness (QED) is 0.257. The van der Waals surface area contributed by atoms with Crippen LogP contribution in [0.5, 0.6) is 5.75 Å². The van der Waals surface area contributed by atoms with Crippen molar-refractivity contribution in [2.45, 2.75) is 31.9 Å². The molecule has 0 radical (unpaired) electrons. The monoisotopic (exact) mass is 563 g/mol. The molecule has 0 spiro atoms. The van der Waals surface area contributed by atoms with Gasteiger partial charge in [0.2, 0.25) is 0 Å². The van der Waals surface area contributed by atoms with Gasteiger partial charge in [0, 0.05) is 23.6 Å². The summed E-state index contributed by atoms with van der Waals surface area (Å²) in [6, 6.07) is 20.4. The van der Waals surface area contributed by atoms with Gasteiger partial charge in [-0.2, -0.15) is 31.6 Å². The molecule has 0 aliphatic heterocycles. The molecule has 1 aromatic heterocycles. The number of carboxylic acid groups (broad SMARTS) is 1. The molecule has 3 aromatic carbocycles. The van der Waals surface area contributed by atoms with Gasteiger partial charge in [0.15, 0.2) is 0 Å². The van der Waals surface area contributed by atoms with Gasteiger partial charge < -0.3 is 20.1 Å². The SMILES string of the molecule is N#Cc1cccc(COc2ccc3c(c2)c(CCN)cn3Cc2ccc(C(F)(F)F)cc2)c1.O=C(O)C(F)(F)F. The molecule has 0 unspecified atom stereocenters. The summed E-state index contributed by atoms with van der Waals surface area (Å²) in [6.07, 6.45) is -6.77. The number of aromatic nitrogens is 1. The first-order valence-electron chi connectivity index (χ1n) is 11.7. The number of nitriles is 1.